The lowest BCUT2D eigenvalue weighted by Crippen LogP contribution is -2.32. The van der Waals surface area contributed by atoms with E-state index >= 15 is 0 Å². The Morgan fingerprint density at radius 1 is 1.19 bits per heavy atom. The zero-order valence-electron chi connectivity index (χ0n) is 14.6. The van der Waals surface area contributed by atoms with Gasteiger partial charge in [-0.15, -0.1) is 5.10 Å². The topological polar surface area (TPSA) is 75.9 Å². The molecule has 2 aliphatic rings. The fourth-order valence-electron chi connectivity index (χ4n) is 4.14. The van der Waals surface area contributed by atoms with E-state index < -0.39 is 0 Å². The van der Waals surface area contributed by atoms with Gasteiger partial charge in [0.2, 0.25) is 0 Å². The molecule has 2 saturated heterocycles. The second-order valence-electron chi connectivity index (χ2n) is 7.20. The first kappa shape index (κ1) is 15.5. The summed E-state index contributed by atoms with van der Waals surface area (Å²) in [7, 11) is 0. The lowest BCUT2D eigenvalue weighted by atomic mass is 10.0. The Kier molecular flexibility index (Phi) is 3.49. The van der Waals surface area contributed by atoms with Gasteiger partial charge in [-0.1, -0.05) is 11.3 Å². The Balaban J connectivity index is 1.45. The summed E-state index contributed by atoms with van der Waals surface area (Å²) in [6.45, 7) is 5.53. The predicted molar refractivity (Wildman–Crippen MR) is 97.2 cm³/mol. The molecule has 0 unspecified atom stereocenters. The Bertz CT molecular complexity index is 985. The van der Waals surface area contributed by atoms with Crippen molar-refractivity contribution in [1.29, 1.82) is 0 Å². The van der Waals surface area contributed by atoms with E-state index in [-0.39, 0.29) is 5.91 Å². The van der Waals surface area contributed by atoms with Crippen molar-refractivity contribution in [3.63, 3.8) is 0 Å². The van der Waals surface area contributed by atoms with Crippen LogP contribution >= 0.6 is 0 Å². The summed E-state index contributed by atoms with van der Waals surface area (Å²) < 4.78 is 1.73. The largest absolute Gasteiger partial charge is 0.337 e. The van der Waals surface area contributed by atoms with E-state index in [4.69, 9.17) is 0 Å². The first-order valence-corrected chi connectivity index (χ1v) is 8.98. The summed E-state index contributed by atoms with van der Waals surface area (Å²) in [6, 6.07) is 9.86. The molecule has 2 fully saturated rings. The molecule has 1 amide bonds. The van der Waals surface area contributed by atoms with Crippen LogP contribution in [0.3, 0.4) is 0 Å². The molecule has 7 heteroatoms. The normalized spacial score (nSPS) is 22.1. The predicted octanol–water partition coefficient (Wildman–Crippen LogP) is 1.42. The number of benzene rings is 1. The highest BCUT2D eigenvalue weighted by atomic mass is 16.2. The third-order valence-corrected chi connectivity index (χ3v) is 5.61. The van der Waals surface area contributed by atoms with Gasteiger partial charge < -0.3 is 10.2 Å². The molecule has 4 heterocycles. The Hall–Kier alpha value is -2.80. The van der Waals surface area contributed by atoms with E-state index in [2.05, 4.69) is 20.6 Å². The third kappa shape index (κ3) is 2.39. The summed E-state index contributed by atoms with van der Waals surface area (Å²) in [5, 5.41) is 12.9. The SMILES string of the molecule is Cc1c(C(=O)N2C[C@H]3CNC[C@H]3C2)nnn1-c1ccc2ncccc2c1. The zero-order chi connectivity index (χ0) is 17.7. The van der Waals surface area contributed by atoms with Crippen molar-refractivity contribution in [1.82, 2.24) is 30.2 Å². The molecule has 26 heavy (non-hydrogen) atoms. The molecule has 5 rings (SSSR count). The number of rotatable bonds is 2. The van der Waals surface area contributed by atoms with Crippen molar-refractivity contribution >= 4 is 16.8 Å². The fraction of sp³-hybridized carbons (Fsp3) is 0.368. The third-order valence-electron chi connectivity index (χ3n) is 5.61. The fourth-order valence-corrected chi connectivity index (χ4v) is 4.14. The number of carbonyl (C=O) groups is 1. The van der Waals surface area contributed by atoms with E-state index in [1.165, 1.54) is 0 Å². The van der Waals surface area contributed by atoms with Crippen molar-refractivity contribution in [3.05, 3.63) is 47.9 Å². The molecule has 0 aliphatic carbocycles. The van der Waals surface area contributed by atoms with Crippen LogP contribution in [0.1, 0.15) is 16.2 Å². The minimum Gasteiger partial charge on any atom is -0.337 e. The highest BCUT2D eigenvalue weighted by Gasteiger charge is 2.39. The molecular formula is C19H20N6O. The summed E-state index contributed by atoms with van der Waals surface area (Å²) in [6.07, 6.45) is 1.78. The lowest BCUT2D eigenvalue weighted by Gasteiger charge is -2.16. The average molecular weight is 348 g/mol. The minimum atomic E-state index is -0.00870. The van der Waals surface area contributed by atoms with Gasteiger partial charge in [-0.3, -0.25) is 9.78 Å². The molecule has 2 aliphatic heterocycles. The van der Waals surface area contributed by atoms with Crippen LogP contribution in [0.15, 0.2) is 36.5 Å². The summed E-state index contributed by atoms with van der Waals surface area (Å²) in [4.78, 5) is 19.2. The van der Waals surface area contributed by atoms with Gasteiger partial charge >= 0.3 is 0 Å². The van der Waals surface area contributed by atoms with Gasteiger partial charge in [0.15, 0.2) is 5.69 Å². The van der Waals surface area contributed by atoms with Gasteiger partial charge in [0.25, 0.3) is 5.91 Å². The van der Waals surface area contributed by atoms with Gasteiger partial charge in [0.1, 0.15) is 0 Å². The van der Waals surface area contributed by atoms with Gasteiger partial charge in [-0.2, -0.15) is 0 Å². The molecule has 1 N–H and O–H groups in total. The maximum Gasteiger partial charge on any atom is 0.276 e. The van der Waals surface area contributed by atoms with E-state index in [0.29, 0.717) is 17.5 Å². The zero-order valence-corrected chi connectivity index (χ0v) is 14.6. The van der Waals surface area contributed by atoms with Crippen LogP contribution in [0.2, 0.25) is 0 Å². The van der Waals surface area contributed by atoms with Crippen LogP contribution in [0, 0.1) is 18.8 Å². The molecular weight excluding hydrogens is 328 g/mol. The molecule has 132 valence electrons. The molecule has 0 saturated carbocycles. The number of nitrogens with one attached hydrogen (secondary N) is 1. The summed E-state index contributed by atoms with van der Waals surface area (Å²) in [5.74, 6) is 1.13. The quantitative estimate of drug-likeness (QED) is 0.758. The Morgan fingerprint density at radius 3 is 2.81 bits per heavy atom. The van der Waals surface area contributed by atoms with Crippen LogP contribution in [-0.2, 0) is 0 Å². The number of carbonyl (C=O) groups excluding carboxylic acids is 1. The highest BCUT2D eigenvalue weighted by molar-refractivity contribution is 5.93. The lowest BCUT2D eigenvalue weighted by molar-refractivity contribution is 0.0775. The average Bonchev–Trinajstić information content (AvgIpc) is 3.35. The van der Waals surface area contributed by atoms with E-state index in [1.54, 1.807) is 10.9 Å². The first-order valence-electron chi connectivity index (χ1n) is 8.98. The Morgan fingerprint density at radius 2 is 2.00 bits per heavy atom. The van der Waals surface area contributed by atoms with Gasteiger partial charge in [0, 0.05) is 37.8 Å². The number of aromatic nitrogens is 4. The van der Waals surface area contributed by atoms with Crippen LogP contribution in [0.5, 0.6) is 0 Å². The van der Waals surface area contributed by atoms with Gasteiger partial charge in [0.05, 0.1) is 16.9 Å². The van der Waals surface area contributed by atoms with E-state index in [1.807, 2.05) is 42.2 Å². The summed E-state index contributed by atoms with van der Waals surface area (Å²) >= 11 is 0. The molecule has 2 aromatic heterocycles. The monoisotopic (exact) mass is 348 g/mol. The van der Waals surface area contributed by atoms with Crippen molar-refractivity contribution in [2.24, 2.45) is 11.8 Å². The van der Waals surface area contributed by atoms with E-state index in [0.717, 1.165) is 48.5 Å². The summed E-state index contributed by atoms with van der Waals surface area (Å²) in [5.41, 5.74) is 3.04. The molecule has 0 spiro atoms. The molecule has 2 atom stereocenters. The van der Waals surface area contributed by atoms with Crippen LogP contribution in [-0.4, -0.2) is 57.0 Å². The second-order valence-corrected chi connectivity index (χ2v) is 7.20. The van der Waals surface area contributed by atoms with E-state index in [9.17, 15) is 4.79 Å². The van der Waals surface area contributed by atoms with Gasteiger partial charge in [-0.25, -0.2) is 4.68 Å². The standard InChI is InChI=1S/C19H20N6O/c1-12-18(19(26)24-10-14-8-20-9-15(14)11-24)22-23-25(12)16-4-5-17-13(7-16)3-2-6-21-17/h2-7,14-15,20H,8-11H2,1H3/t14-,15+. The molecule has 3 aromatic rings. The minimum absolute atomic E-state index is 0.00870. The van der Waals surface area contributed by atoms with Crippen molar-refractivity contribution in [2.75, 3.05) is 26.2 Å². The number of fused-ring (bicyclic) bond motifs is 2. The molecule has 0 radical (unpaired) electrons. The molecule has 7 nitrogen and oxygen atoms in total. The van der Waals surface area contributed by atoms with Crippen molar-refractivity contribution in [3.8, 4) is 5.69 Å². The number of amides is 1. The number of likely N-dealkylation sites (tertiary alicyclic amines) is 1. The highest BCUT2D eigenvalue weighted by Crippen LogP contribution is 2.28. The number of hydrogen-bond donors (Lipinski definition) is 1. The second kappa shape index (κ2) is 5.88. The van der Waals surface area contributed by atoms with Gasteiger partial charge in [-0.05, 0) is 43.0 Å². The van der Waals surface area contributed by atoms with Crippen LogP contribution in [0.25, 0.3) is 16.6 Å². The Labute approximate surface area is 151 Å². The maximum atomic E-state index is 12.9. The van der Waals surface area contributed by atoms with Crippen LogP contribution < -0.4 is 5.32 Å². The molecule has 0 bridgehead atoms. The number of nitrogens with zero attached hydrogens (tertiary/aromatic N) is 5. The van der Waals surface area contributed by atoms with Crippen LogP contribution in [0.4, 0.5) is 0 Å². The molecule has 1 aromatic carbocycles. The first-order chi connectivity index (χ1) is 12.7. The van der Waals surface area contributed by atoms with Crippen molar-refractivity contribution < 1.29 is 4.79 Å². The number of hydrogen-bond acceptors (Lipinski definition) is 5. The van der Waals surface area contributed by atoms with Crippen molar-refractivity contribution in [2.45, 2.75) is 6.92 Å². The number of pyridine rings is 1. The maximum absolute atomic E-state index is 12.9. The smallest absolute Gasteiger partial charge is 0.276 e.